The van der Waals surface area contributed by atoms with Crippen LogP contribution in [0.1, 0.15) is 0 Å². The van der Waals surface area contributed by atoms with Crippen LogP contribution in [0.15, 0.2) is 25.3 Å². The lowest BCUT2D eigenvalue weighted by Crippen LogP contribution is -2.42. The fraction of sp³-hybridized carbons (Fsp3) is 0.500. The van der Waals surface area contributed by atoms with Crippen molar-refractivity contribution in [3.8, 4) is 0 Å². The molecule has 0 saturated heterocycles. The van der Waals surface area contributed by atoms with Crippen LogP contribution in [-0.2, 0) is 0 Å². The highest BCUT2D eigenvalue weighted by Gasteiger charge is 2.14. The number of quaternary nitrogens is 1. The lowest BCUT2D eigenvalue weighted by Gasteiger charge is -2.29. The Labute approximate surface area is 57.9 Å². The molecule has 0 bridgehead atoms. The SMILES string of the molecule is C=CC(C=C)[N+](C)(C)C. The van der Waals surface area contributed by atoms with Gasteiger partial charge in [-0.2, -0.15) is 0 Å². The molecule has 9 heavy (non-hydrogen) atoms. The minimum absolute atomic E-state index is 0.366. The maximum absolute atomic E-state index is 3.71. The van der Waals surface area contributed by atoms with Gasteiger partial charge >= 0.3 is 0 Å². The molecule has 0 aliphatic rings. The van der Waals surface area contributed by atoms with Gasteiger partial charge in [0.1, 0.15) is 6.04 Å². The highest BCUT2D eigenvalue weighted by molar-refractivity contribution is 4.93. The summed E-state index contributed by atoms with van der Waals surface area (Å²) in [7, 11) is 6.36. The molecule has 0 saturated carbocycles. The highest BCUT2D eigenvalue weighted by Crippen LogP contribution is 2.03. The summed E-state index contributed by atoms with van der Waals surface area (Å²) >= 11 is 0. The van der Waals surface area contributed by atoms with Gasteiger partial charge in [0, 0.05) is 0 Å². The Bertz CT molecular complexity index is 100. The molecule has 0 radical (unpaired) electrons. The van der Waals surface area contributed by atoms with E-state index in [1.165, 1.54) is 0 Å². The van der Waals surface area contributed by atoms with E-state index in [2.05, 4.69) is 34.3 Å². The first-order valence-corrected chi connectivity index (χ1v) is 3.08. The van der Waals surface area contributed by atoms with Gasteiger partial charge in [-0.05, 0) is 12.2 Å². The van der Waals surface area contributed by atoms with Crippen molar-refractivity contribution in [2.24, 2.45) is 0 Å². The summed E-state index contributed by atoms with van der Waals surface area (Å²) < 4.78 is 0.868. The lowest BCUT2D eigenvalue weighted by molar-refractivity contribution is -0.882. The fourth-order valence-corrected chi connectivity index (χ4v) is 0.729. The average molecular weight is 126 g/mol. The third kappa shape index (κ3) is 2.47. The molecule has 0 aromatic heterocycles. The quantitative estimate of drug-likeness (QED) is 0.396. The maximum atomic E-state index is 3.71. The zero-order valence-corrected chi connectivity index (χ0v) is 6.59. The first kappa shape index (κ1) is 8.44. The van der Waals surface area contributed by atoms with Crippen LogP contribution in [0.4, 0.5) is 0 Å². The van der Waals surface area contributed by atoms with E-state index in [9.17, 15) is 0 Å². The van der Waals surface area contributed by atoms with Gasteiger partial charge in [-0.1, -0.05) is 13.2 Å². The van der Waals surface area contributed by atoms with E-state index in [-0.39, 0.29) is 0 Å². The summed E-state index contributed by atoms with van der Waals surface area (Å²) in [6.07, 6.45) is 3.82. The van der Waals surface area contributed by atoms with E-state index in [1.54, 1.807) is 0 Å². The number of nitrogens with zero attached hydrogens (tertiary/aromatic N) is 1. The molecule has 1 heteroatoms. The van der Waals surface area contributed by atoms with Gasteiger partial charge in [-0.3, -0.25) is 0 Å². The molecule has 52 valence electrons. The van der Waals surface area contributed by atoms with Crippen LogP contribution in [0.5, 0.6) is 0 Å². The second kappa shape index (κ2) is 2.83. The molecule has 0 N–H and O–H groups in total. The molecule has 0 rings (SSSR count). The van der Waals surface area contributed by atoms with E-state index in [4.69, 9.17) is 0 Å². The molecule has 1 nitrogen and oxygen atoms in total. The van der Waals surface area contributed by atoms with Gasteiger partial charge in [0.25, 0.3) is 0 Å². The molecule has 0 aliphatic carbocycles. The van der Waals surface area contributed by atoms with Crippen LogP contribution < -0.4 is 0 Å². The summed E-state index contributed by atoms with van der Waals surface area (Å²) in [5, 5.41) is 0. The van der Waals surface area contributed by atoms with Gasteiger partial charge in [0.15, 0.2) is 0 Å². The molecular weight excluding hydrogens is 110 g/mol. The van der Waals surface area contributed by atoms with Crippen molar-refractivity contribution in [3.05, 3.63) is 25.3 Å². The molecule has 0 amide bonds. The number of likely N-dealkylation sites (N-methyl/N-ethyl adjacent to an activating group) is 1. The molecule has 0 heterocycles. The van der Waals surface area contributed by atoms with Gasteiger partial charge < -0.3 is 4.48 Å². The Morgan fingerprint density at radius 3 is 1.44 bits per heavy atom. The van der Waals surface area contributed by atoms with Crippen LogP contribution in [-0.4, -0.2) is 31.7 Å². The van der Waals surface area contributed by atoms with Crippen molar-refractivity contribution in [1.29, 1.82) is 0 Å². The van der Waals surface area contributed by atoms with E-state index in [1.807, 2.05) is 12.2 Å². The summed E-state index contributed by atoms with van der Waals surface area (Å²) in [6, 6.07) is 0.366. The van der Waals surface area contributed by atoms with E-state index in [0.717, 1.165) is 4.48 Å². The van der Waals surface area contributed by atoms with Crippen LogP contribution in [0, 0.1) is 0 Å². The average Bonchev–Trinajstić information content (AvgIpc) is 1.65. The number of rotatable bonds is 3. The smallest absolute Gasteiger partial charge is 0.125 e. The Balaban J connectivity index is 4.11. The lowest BCUT2D eigenvalue weighted by atomic mass is 10.2. The van der Waals surface area contributed by atoms with Gasteiger partial charge in [-0.25, -0.2) is 0 Å². The monoisotopic (exact) mass is 126 g/mol. The number of hydrogen-bond acceptors (Lipinski definition) is 0. The molecule has 0 aromatic carbocycles. The normalized spacial score (nSPS) is 11.6. The molecule has 0 fully saturated rings. The Morgan fingerprint density at radius 1 is 1.11 bits per heavy atom. The van der Waals surface area contributed by atoms with Crippen LogP contribution in [0.3, 0.4) is 0 Å². The summed E-state index contributed by atoms with van der Waals surface area (Å²) in [6.45, 7) is 7.42. The van der Waals surface area contributed by atoms with Gasteiger partial charge in [0.2, 0.25) is 0 Å². The predicted octanol–water partition coefficient (Wildman–Crippen LogP) is 1.43. The molecule has 0 unspecified atom stereocenters. The van der Waals surface area contributed by atoms with Crippen molar-refractivity contribution < 1.29 is 4.48 Å². The summed E-state index contributed by atoms with van der Waals surface area (Å²) in [5.41, 5.74) is 0. The Hall–Kier alpha value is -0.560. The van der Waals surface area contributed by atoms with Crippen LogP contribution >= 0.6 is 0 Å². The molecule has 0 atom stereocenters. The summed E-state index contributed by atoms with van der Waals surface area (Å²) in [5.74, 6) is 0. The third-order valence-electron chi connectivity index (χ3n) is 1.38. The summed E-state index contributed by atoms with van der Waals surface area (Å²) in [4.78, 5) is 0. The molecular formula is C8H16N+. The number of hydrogen-bond donors (Lipinski definition) is 0. The van der Waals surface area contributed by atoms with Crippen molar-refractivity contribution in [2.75, 3.05) is 21.1 Å². The zero-order valence-electron chi connectivity index (χ0n) is 6.59. The van der Waals surface area contributed by atoms with Crippen LogP contribution in [0.2, 0.25) is 0 Å². The minimum Gasteiger partial charge on any atom is -0.322 e. The highest BCUT2D eigenvalue weighted by atomic mass is 15.3. The Morgan fingerprint density at radius 2 is 1.44 bits per heavy atom. The molecule has 0 aromatic rings. The second-order valence-corrected chi connectivity index (χ2v) is 3.08. The second-order valence-electron chi connectivity index (χ2n) is 3.08. The third-order valence-corrected chi connectivity index (χ3v) is 1.38. The zero-order chi connectivity index (χ0) is 7.49. The first-order valence-electron chi connectivity index (χ1n) is 3.08. The van der Waals surface area contributed by atoms with Crippen molar-refractivity contribution in [1.82, 2.24) is 0 Å². The van der Waals surface area contributed by atoms with Crippen molar-refractivity contribution in [3.63, 3.8) is 0 Å². The Kier molecular flexibility index (Phi) is 2.65. The minimum atomic E-state index is 0.366. The predicted molar refractivity (Wildman–Crippen MR) is 42.2 cm³/mol. The molecule has 0 aliphatic heterocycles. The van der Waals surface area contributed by atoms with Gasteiger partial charge in [-0.15, -0.1) is 0 Å². The van der Waals surface area contributed by atoms with Gasteiger partial charge in [0.05, 0.1) is 21.1 Å². The van der Waals surface area contributed by atoms with Crippen molar-refractivity contribution in [2.45, 2.75) is 6.04 Å². The van der Waals surface area contributed by atoms with E-state index < -0.39 is 0 Å². The largest absolute Gasteiger partial charge is 0.322 e. The topological polar surface area (TPSA) is 0 Å². The molecule has 0 spiro atoms. The van der Waals surface area contributed by atoms with E-state index in [0.29, 0.717) is 6.04 Å². The first-order chi connectivity index (χ1) is 4.02. The van der Waals surface area contributed by atoms with Crippen LogP contribution in [0.25, 0.3) is 0 Å². The van der Waals surface area contributed by atoms with Crippen molar-refractivity contribution >= 4 is 0 Å². The van der Waals surface area contributed by atoms with E-state index >= 15 is 0 Å². The standard InChI is InChI=1S/C8H16N/c1-6-8(7-2)9(3,4)5/h6-8H,1-2H2,3-5H3/q+1. The fourth-order valence-electron chi connectivity index (χ4n) is 0.729. The maximum Gasteiger partial charge on any atom is 0.125 e.